The Morgan fingerprint density at radius 3 is 2.88 bits per heavy atom. The van der Waals surface area contributed by atoms with Gasteiger partial charge in [-0.25, -0.2) is 14.7 Å². The molecule has 1 aliphatic rings. The van der Waals surface area contributed by atoms with Crippen molar-refractivity contribution in [1.29, 1.82) is 0 Å². The number of likely N-dealkylation sites (tertiary alicyclic amines) is 1. The van der Waals surface area contributed by atoms with E-state index in [1.165, 1.54) is 0 Å². The van der Waals surface area contributed by atoms with Crippen LogP contribution in [-0.2, 0) is 13.1 Å². The zero-order valence-electron chi connectivity index (χ0n) is 14.2. The first-order valence-corrected chi connectivity index (χ1v) is 8.88. The Hall–Kier alpha value is -2.28. The molecule has 0 aliphatic carbocycles. The Kier molecular flexibility index (Phi) is 5.43. The van der Waals surface area contributed by atoms with Gasteiger partial charge in [-0.05, 0) is 37.5 Å². The predicted molar refractivity (Wildman–Crippen MR) is 95.8 cm³/mol. The van der Waals surface area contributed by atoms with Crippen LogP contribution in [0.15, 0.2) is 29.1 Å². The second kappa shape index (κ2) is 7.74. The Morgan fingerprint density at radius 2 is 2.16 bits per heavy atom. The fourth-order valence-corrected chi connectivity index (χ4v) is 3.34. The lowest BCUT2D eigenvalue weighted by atomic mass is 9.97. The van der Waals surface area contributed by atoms with Crippen LogP contribution < -0.4 is 11.0 Å². The zero-order valence-corrected chi connectivity index (χ0v) is 14.9. The number of hydrogen-bond acceptors (Lipinski definition) is 3. The SMILES string of the molecule is CCn1c(C2CCCN(C(=O)NCc3ccc(Cl)cc3)C2)n[nH]c1=O. The lowest BCUT2D eigenvalue weighted by Crippen LogP contribution is -2.45. The number of hydrogen-bond donors (Lipinski definition) is 2. The van der Waals surface area contributed by atoms with E-state index < -0.39 is 0 Å². The molecule has 1 unspecified atom stereocenters. The number of aromatic nitrogens is 3. The molecular formula is C17H22ClN5O2. The van der Waals surface area contributed by atoms with Crippen molar-refractivity contribution in [2.24, 2.45) is 0 Å². The molecular weight excluding hydrogens is 342 g/mol. The molecule has 1 fully saturated rings. The van der Waals surface area contributed by atoms with Crippen molar-refractivity contribution >= 4 is 17.6 Å². The average Bonchev–Trinajstić information content (AvgIpc) is 3.01. The molecule has 8 heteroatoms. The number of urea groups is 1. The van der Waals surface area contributed by atoms with E-state index >= 15 is 0 Å². The molecule has 0 radical (unpaired) electrons. The van der Waals surface area contributed by atoms with Gasteiger partial charge in [-0.1, -0.05) is 23.7 Å². The first kappa shape index (κ1) is 17.5. The average molecular weight is 364 g/mol. The van der Waals surface area contributed by atoms with Gasteiger partial charge in [-0.3, -0.25) is 4.57 Å². The number of nitrogens with zero attached hydrogens (tertiary/aromatic N) is 3. The van der Waals surface area contributed by atoms with E-state index in [0.29, 0.717) is 31.2 Å². The standard InChI is InChI=1S/C17H22ClN5O2/c1-2-23-15(20-21-17(23)25)13-4-3-9-22(11-13)16(24)19-10-12-5-7-14(18)8-6-12/h5-8,13H,2-4,9-11H2,1H3,(H,19,24)(H,21,25). The molecule has 3 rings (SSSR count). The van der Waals surface area contributed by atoms with Crippen LogP contribution in [0.4, 0.5) is 4.79 Å². The van der Waals surface area contributed by atoms with Gasteiger partial charge >= 0.3 is 11.7 Å². The van der Waals surface area contributed by atoms with Gasteiger partial charge in [0.2, 0.25) is 0 Å². The first-order valence-electron chi connectivity index (χ1n) is 8.50. The molecule has 1 saturated heterocycles. The number of halogens is 1. The van der Waals surface area contributed by atoms with E-state index in [2.05, 4.69) is 15.5 Å². The van der Waals surface area contributed by atoms with E-state index in [0.717, 1.165) is 24.2 Å². The monoisotopic (exact) mass is 363 g/mol. The molecule has 1 aromatic heterocycles. The third kappa shape index (κ3) is 4.04. The number of amides is 2. The largest absolute Gasteiger partial charge is 0.343 e. The van der Waals surface area contributed by atoms with Gasteiger partial charge in [0, 0.05) is 37.1 Å². The van der Waals surface area contributed by atoms with Crippen molar-refractivity contribution in [2.75, 3.05) is 13.1 Å². The number of carbonyl (C=O) groups excluding carboxylic acids is 1. The number of carbonyl (C=O) groups is 1. The van der Waals surface area contributed by atoms with Crippen LogP contribution in [0.3, 0.4) is 0 Å². The highest BCUT2D eigenvalue weighted by molar-refractivity contribution is 6.30. The van der Waals surface area contributed by atoms with Crippen molar-refractivity contribution in [3.8, 4) is 0 Å². The molecule has 25 heavy (non-hydrogen) atoms. The van der Waals surface area contributed by atoms with Gasteiger partial charge in [0.05, 0.1) is 0 Å². The van der Waals surface area contributed by atoms with E-state index in [1.54, 1.807) is 9.47 Å². The highest BCUT2D eigenvalue weighted by Gasteiger charge is 2.28. The smallest absolute Gasteiger partial charge is 0.334 e. The minimum Gasteiger partial charge on any atom is -0.334 e. The van der Waals surface area contributed by atoms with Gasteiger partial charge in [0.25, 0.3) is 0 Å². The molecule has 7 nitrogen and oxygen atoms in total. The second-order valence-electron chi connectivity index (χ2n) is 6.20. The lowest BCUT2D eigenvalue weighted by Gasteiger charge is -2.32. The van der Waals surface area contributed by atoms with E-state index in [4.69, 9.17) is 11.6 Å². The summed E-state index contributed by atoms with van der Waals surface area (Å²) < 4.78 is 1.64. The molecule has 2 amide bonds. The number of nitrogens with one attached hydrogen (secondary N) is 2. The summed E-state index contributed by atoms with van der Waals surface area (Å²) in [5, 5.41) is 10.3. The van der Waals surface area contributed by atoms with Crippen LogP contribution in [0, 0.1) is 0 Å². The predicted octanol–water partition coefficient (Wildman–Crippen LogP) is 2.33. The first-order chi connectivity index (χ1) is 12.1. The number of rotatable bonds is 4. The van der Waals surface area contributed by atoms with Crippen LogP contribution >= 0.6 is 11.6 Å². The number of benzene rings is 1. The van der Waals surface area contributed by atoms with Crippen LogP contribution in [0.2, 0.25) is 5.02 Å². The summed E-state index contributed by atoms with van der Waals surface area (Å²) in [6, 6.07) is 7.31. The number of aromatic amines is 1. The number of piperidine rings is 1. The summed E-state index contributed by atoms with van der Waals surface area (Å²) >= 11 is 5.87. The van der Waals surface area contributed by atoms with Crippen LogP contribution in [0.1, 0.15) is 37.1 Å². The summed E-state index contributed by atoms with van der Waals surface area (Å²) in [7, 11) is 0. The molecule has 2 aromatic rings. The normalized spacial score (nSPS) is 17.5. The summed E-state index contributed by atoms with van der Waals surface area (Å²) in [6.07, 6.45) is 1.81. The molecule has 134 valence electrons. The molecule has 0 spiro atoms. The quantitative estimate of drug-likeness (QED) is 0.874. The minimum atomic E-state index is -0.193. The van der Waals surface area contributed by atoms with Crippen LogP contribution in [-0.4, -0.2) is 38.8 Å². The third-order valence-corrected chi connectivity index (χ3v) is 4.79. The highest BCUT2D eigenvalue weighted by atomic mass is 35.5. The Morgan fingerprint density at radius 1 is 1.40 bits per heavy atom. The van der Waals surface area contributed by atoms with Crippen molar-refractivity contribution in [3.05, 3.63) is 51.2 Å². The summed E-state index contributed by atoms with van der Waals surface area (Å²) in [5.41, 5.74) is 0.806. The van der Waals surface area contributed by atoms with Gasteiger partial charge < -0.3 is 10.2 Å². The summed E-state index contributed by atoms with van der Waals surface area (Å²) in [5.74, 6) is 0.816. The molecule has 2 heterocycles. The van der Waals surface area contributed by atoms with E-state index in [9.17, 15) is 9.59 Å². The van der Waals surface area contributed by atoms with Gasteiger partial charge in [0.1, 0.15) is 5.82 Å². The van der Waals surface area contributed by atoms with Gasteiger partial charge in [-0.15, -0.1) is 0 Å². The van der Waals surface area contributed by atoms with Crippen molar-refractivity contribution < 1.29 is 4.79 Å². The Labute approximate surface area is 151 Å². The molecule has 2 N–H and O–H groups in total. The topological polar surface area (TPSA) is 83.0 Å². The maximum Gasteiger partial charge on any atom is 0.343 e. The zero-order chi connectivity index (χ0) is 17.8. The molecule has 1 aromatic carbocycles. The minimum absolute atomic E-state index is 0.0777. The van der Waals surface area contributed by atoms with E-state index in [1.807, 2.05) is 31.2 Å². The maximum atomic E-state index is 12.5. The van der Waals surface area contributed by atoms with Gasteiger partial charge in [-0.2, -0.15) is 5.10 Å². The fraction of sp³-hybridized carbons (Fsp3) is 0.471. The lowest BCUT2D eigenvalue weighted by molar-refractivity contribution is 0.177. The molecule has 0 saturated carbocycles. The molecule has 1 atom stereocenters. The molecule has 1 aliphatic heterocycles. The Balaban J connectivity index is 1.61. The third-order valence-electron chi connectivity index (χ3n) is 4.53. The van der Waals surface area contributed by atoms with E-state index in [-0.39, 0.29) is 17.6 Å². The van der Waals surface area contributed by atoms with Crippen molar-refractivity contribution in [1.82, 2.24) is 25.0 Å². The molecule has 0 bridgehead atoms. The van der Waals surface area contributed by atoms with Gasteiger partial charge in [0.15, 0.2) is 0 Å². The van der Waals surface area contributed by atoms with Crippen LogP contribution in [0.5, 0.6) is 0 Å². The summed E-state index contributed by atoms with van der Waals surface area (Å²) in [6.45, 7) is 4.23. The summed E-state index contributed by atoms with van der Waals surface area (Å²) in [4.78, 5) is 26.0. The van der Waals surface area contributed by atoms with Crippen molar-refractivity contribution in [3.63, 3.8) is 0 Å². The maximum absolute atomic E-state index is 12.5. The second-order valence-corrected chi connectivity index (χ2v) is 6.64. The fourth-order valence-electron chi connectivity index (χ4n) is 3.21. The van der Waals surface area contributed by atoms with Crippen LogP contribution in [0.25, 0.3) is 0 Å². The number of H-pyrrole nitrogens is 1. The Bertz CT molecular complexity index is 783. The van der Waals surface area contributed by atoms with Crippen molar-refractivity contribution in [2.45, 2.75) is 38.8 Å². The highest BCUT2D eigenvalue weighted by Crippen LogP contribution is 2.24.